The van der Waals surface area contributed by atoms with Gasteiger partial charge in [-0.25, -0.2) is 9.97 Å². The van der Waals surface area contributed by atoms with Gasteiger partial charge in [0.15, 0.2) is 11.6 Å². The minimum atomic E-state index is 0.514. The van der Waals surface area contributed by atoms with E-state index in [1.165, 1.54) is 38.7 Å². The number of anilines is 4. The van der Waals surface area contributed by atoms with E-state index in [9.17, 15) is 0 Å². The van der Waals surface area contributed by atoms with Crippen LogP contribution < -0.4 is 16.4 Å². The van der Waals surface area contributed by atoms with Crippen LogP contribution in [0.3, 0.4) is 0 Å². The van der Waals surface area contributed by atoms with Crippen LogP contribution in [0.25, 0.3) is 0 Å². The predicted octanol–water partition coefficient (Wildman–Crippen LogP) is 3.66. The van der Waals surface area contributed by atoms with Gasteiger partial charge in [0.1, 0.15) is 12.0 Å². The molecule has 0 saturated carbocycles. The molecule has 0 spiro atoms. The number of nitrogens with zero attached hydrogens (tertiary/aromatic N) is 3. The molecule has 1 aliphatic rings. The Balaban J connectivity index is 1.64. The van der Waals surface area contributed by atoms with E-state index in [2.05, 4.69) is 25.5 Å². The molecular weight excluding hydrogens is 336 g/mol. The standard InChI is InChI=1S/C18H25ClN6/c1-13-5-6-14(19)11-15(13)24-18-16(20)17(22-12-23-18)21-7-10-25-8-3-2-4-9-25/h5-6,11-12H,2-4,7-10,20H2,1H3,(H2,21,22,23,24). The summed E-state index contributed by atoms with van der Waals surface area (Å²) in [6.45, 7) is 6.19. The SMILES string of the molecule is Cc1ccc(Cl)cc1Nc1ncnc(NCCN2CCCCC2)c1N. The predicted molar refractivity (Wildman–Crippen MR) is 105 cm³/mol. The van der Waals surface area contributed by atoms with Gasteiger partial charge >= 0.3 is 0 Å². The van der Waals surface area contributed by atoms with E-state index in [4.69, 9.17) is 17.3 Å². The molecule has 1 aromatic carbocycles. The lowest BCUT2D eigenvalue weighted by Gasteiger charge is -2.26. The van der Waals surface area contributed by atoms with Gasteiger partial charge in [-0.1, -0.05) is 24.1 Å². The van der Waals surface area contributed by atoms with Gasteiger partial charge in [0, 0.05) is 23.8 Å². The van der Waals surface area contributed by atoms with Gasteiger partial charge in [-0.15, -0.1) is 0 Å². The first-order chi connectivity index (χ1) is 12.1. The molecule has 0 atom stereocenters. The van der Waals surface area contributed by atoms with E-state index in [1.54, 1.807) is 0 Å². The molecule has 1 aliphatic heterocycles. The smallest absolute Gasteiger partial charge is 0.159 e. The van der Waals surface area contributed by atoms with E-state index in [1.807, 2.05) is 25.1 Å². The molecule has 0 bridgehead atoms. The molecule has 6 nitrogen and oxygen atoms in total. The van der Waals surface area contributed by atoms with Crippen molar-refractivity contribution in [1.29, 1.82) is 0 Å². The molecular formula is C18H25ClN6. The number of aromatic nitrogens is 2. The normalized spacial score (nSPS) is 15.1. The largest absolute Gasteiger partial charge is 0.393 e. The number of likely N-dealkylation sites (tertiary alicyclic amines) is 1. The Hall–Kier alpha value is -2.05. The zero-order chi connectivity index (χ0) is 17.6. The summed E-state index contributed by atoms with van der Waals surface area (Å²) in [5.74, 6) is 1.25. The van der Waals surface area contributed by atoms with Crippen molar-refractivity contribution in [3.8, 4) is 0 Å². The number of benzene rings is 1. The highest BCUT2D eigenvalue weighted by Crippen LogP contribution is 2.28. The van der Waals surface area contributed by atoms with E-state index >= 15 is 0 Å². The van der Waals surface area contributed by atoms with Crippen molar-refractivity contribution < 1.29 is 0 Å². The Labute approximate surface area is 153 Å². The molecule has 0 radical (unpaired) electrons. The molecule has 0 aliphatic carbocycles. The van der Waals surface area contributed by atoms with Crippen molar-refractivity contribution in [3.63, 3.8) is 0 Å². The Morgan fingerprint density at radius 2 is 1.92 bits per heavy atom. The highest BCUT2D eigenvalue weighted by molar-refractivity contribution is 6.30. The lowest BCUT2D eigenvalue weighted by atomic mass is 10.1. The number of nitrogens with two attached hydrogens (primary N) is 1. The fourth-order valence-electron chi connectivity index (χ4n) is 3.01. The van der Waals surface area contributed by atoms with Gasteiger partial charge in [-0.05, 0) is 50.6 Å². The van der Waals surface area contributed by atoms with Gasteiger partial charge in [-0.2, -0.15) is 0 Å². The second-order valence-electron chi connectivity index (χ2n) is 6.40. The molecule has 2 heterocycles. The number of aryl methyl sites for hydroxylation is 1. The average molecular weight is 361 g/mol. The van der Waals surface area contributed by atoms with Crippen LogP contribution in [-0.2, 0) is 0 Å². The highest BCUT2D eigenvalue weighted by atomic mass is 35.5. The molecule has 4 N–H and O–H groups in total. The number of rotatable bonds is 6. The third-order valence-electron chi connectivity index (χ3n) is 4.51. The molecule has 0 unspecified atom stereocenters. The minimum absolute atomic E-state index is 0.514. The second-order valence-corrected chi connectivity index (χ2v) is 6.83. The molecule has 3 rings (SSSR count). The fourth-order valence-corrected chi connectivity index (χ4v) is 3.18. The van der Waals surface area contributed by atoms with Crippen LogP contribution >= 0.6 is 11.6 Å². The van der Waals surface area contributed by atoms with Crippen molar-refractivity contribution in [1.82, 2.24) is 14.9 Å². The van der Waals surface area contributed by atoms with Crippen molar-refractivity contribution >= 4 is 34.6 Å². The minimum Gasteiger partial charge on any atom is -0.393 e. The molecule has 2 aromatic rings. The van der Waals surface area contributed by atoms with Crippen molar-refractivity contribution in [2.75, 3.05) is 42.5 Å². The number of nitrogen functional groups attached to an aromatic ring is 1. The summed E-state index contributed by atoms with van der Waals surface area (Å²) in [6, 6.07) is 5.68. The van der Waals surface area contributed by atoms with Crippen molar-refractivity contribution in [2.45, 2.75) is 26.2 Å². The topological polar surface area (TPSA) is 79.1 Å². The lowest BCUT2D eigenvalue weighted by molar-refractivity contribution is 0.237. The Morgan fingerprint density at radius 3 is 2.72 bits per heavy atom. The Morgan fingerprint density at radius 1 is 1.16 bits per heavy atom. The first kappa shape index (κ1) is 17.8. The third-order valence-corrected chi connectivity index (χ3v) is 4.74. The Kier molecular flexibility index (Phi) is 5.94. The molecule has 25 heavy (non-hydrogen) atoms. The first-order valence-electron chi connectivity index (χ1n) is 8.73. The molecule has 1 saturated heterocycles. The summed E-state index contributed by atoms with van der Waals surface area (Å²) < 4.78 is 0. The van der Waals surface area contributed by atoms with Gasteiger partial charge in [0.25, 0.3) is 0 Å². The molecule has 7 heteroatoms. The monoisotopic (exact) mass is 360 g/mol. The quantitative estimate of drug-likeness (QED) is 0.729. The number of hydrogen-bond donors (Lipinski definition) is 3. The number of hydrogen-bond acceptors (Lipinski definition) is 6. The second kappa shape index (κ2) is 8.36. The van der Waals surface area contributed by atoms with Crippen LogP contribution in [0.5, 0.6) is 0 Å². The maximum atomic E-state index is 6.24. The van der Waals surface area contributed by atoms with Crippen LogP contribution in [0.15, 0.2) is 24.5 Å². The number of nitrogens with one attached hydrogen (secondary N) is 2. The molecule has 0 amide bonds. The van der Waals surface area contributed by atoms with Gasteiger partial charge in [0.2, 0.25) is 0 Å². The molecule has 134 valence electrons. The van der Waals surface area contributed by atoms with E-state index in [-0.39, 0.29) is 0 Å². The van der Waals surface area contributed by atoms with E-state index in [0.717, 1.165) is 24.3 Å². The summed E-state index contributed by atoms with van der Waals surface area (Å²) >= 11 is 6.08. The Bertz CT molecular complexity index is 715. The van der Waals surface area contributed by atoms with E-state index < -0.39 is 0 Å². The number of halogens is 1. The van der Waals surface area contributed by atoms with E-state index in [0.29, 0.717) is 22.3 Å². The van der Waals surface area contributed by atoms with Crippen LogP contribution in [0.1, 0.15) is 24.8 Å². The molecule has 1 aromatic heterocycles. The van der Waals surface area contributed by atoms with Crippen LogP contribution in [0, 0.1) is 6.92 Å². The first-order valence-corrected chi connectivity index (χ1v) is 9.11. The molecule has 1 fully saturated rings. The lowest BCUT2D eigenvalue weighted by Crippen LogP contribution is -2.33. The maximum Gasteiger partial charge on any atom is 0.159 e. The zero-order valence-electron chi connectivity index (χ0n) is 14.6. The van der Waals surface area contributed by atoms with Crippen LogP contribution in [0.2, 0.25) is 5.02 Å². The van der Waals surface area contributed by atoms with Crippen LogP contribution in [0.4, 0.5) is 23.0 Å². The average Bonchev–Trinajstić information content (AvgIpc) is 2.62. The van der Waals surface area contributed by atoms with Crippen molar-refractivity contribution in [2.24, 2.45) is 0 Å². The summed E-state index contributed by atoms with van der Waals surface area (Å²) in [5, 5.41) is 7.25. The van der Waals surface area contributed by atoms with Gasteiger partial charge in [-0.3, -0.25) is 0 Å². The fraction of sp³-hybridized carbons (Fsp3) is 0.444. The zero-order valence-corrected chi connectivity index (χ0v) is 15.3. The highest BCUT2D eigenvalue weighted by Gasteiger charge is 2.12. The summed E-state index contributed by atoms with van der Waals surface area (Å²) in [5.41, 5.74) is 8.71. The summed E-state index contributed by atoms with van der Waals surface area (Å²) in [4.78, 5) is 11.0. The summed E-state index contributed by atoms with van der Waals surface area (Å²) in [7, 11) is 0. The summed E-state index contributed by atoms with van der Waals surface area (Å²) in [6.07, 6.45) is 5.45. The third kappa shape index (κ3) is 4.74. The van der Waals surface area contributed by atoms with Gasteiger partial charge < -0.3 is 21.3 Å². The maximum absolute atomic E-state index is 6.24. The van der Waals surface area contributed by atoms with Gasteiger partial charge in [0.05, 0.1) is 0 Å². The van der Waals surface area contributed by atoms with Crippen molar-refractivity contribution in [3.05, 3.63) is 35.1 Å². The number of piperidine rings is 1. The van der Waals surface area contributed by atoms with Crippen LogP contribution in [-0.4, -0.2) is 41.0 Å².